The molecule has 0 radical (unpaired) electrons. The molecule has 2 rings (SSSR count). The molecule has 0 spiro atoms. The Balaban J connectivity index is 0.000000912. The molecule has 16 nitrogen and oxygen atoms in total. The van der Waals surface area contributed by atoms with Gasteiger partial charge in [0.25, 0.3) is 5.91 Å². The fourth-order valence-corrected chi connectivity index (χ4v) is 6.45. The van der Waals surface area contributed by atoms with Crippen molar-refractivity contribution in [3.05, 3.63) is 36.5 Å². The number of nitrogens with zero attached hydrogens (tertiary/aromatic N) is 1. The summed E-state index contributed by atoms with van der Waals surface area (Å²) in [4.78, 5) is 49.5. The summed E-state index contributed by atoms with van der Waals surface area (Å²) in [5, 5.41) is 44.4. The van der Waals surface area contributed by atoms with Crippen LogP contribution in [0.25, 0.3) is 0 Å². The van der Waals surface area contributed by atoms with Gasteiger partial charge in [-0.3, -0.25) is 19.4 Å². The molecule has 2 saturated heterocycles. The van der Waals surface area contributed by atoms with Gasteiger partial charge in [0.1, 0.15) is 25.2 Å². The van der Waals surface area contributed by atoms with Gasteiger partial charge in [-0.15, -0.1) is 0 Å². The minimum atomic E-state index is -1.38. The lowest BCUT2D eigenvalue weighted by Gasteiger charge is -2.36. The molecule has 10 N–H and O–H groups in total. The number of carboxylic acid groups (broad SMARTS) is 1. The first-order valence-corrected chi connectivity index (χ1v) is 19.4. The molecule has 2 fully saturated rings. The van der Waals surface area contributed by atoms with Crippen LogP contribution in [0, 0.1) is 11.8 Å². The molecular weight excluding hydrogens is 714 g/mol. The van der Waals surface area contributed by atoms with Crippen LogP contribution in [0.2, 0.25) is 0 Å². The molecule has 0 aromatic heterocycles. The van der Waals surface area contributed by atoms with Crippen LogP contribution in [0.3, 0.4) is 0 Å². The number of rotatable bonds is 24. The number of allylic oxidation sites excluding steroid dienone is 3. The van der Waals surface area contributed by atoms with Crippen molar-refractivity contribution >= 4 is 30.0 Å². The number of amides is 2. The maximum Gasteiger partial charge on any atom is 0.326 e. The highest BCUT2D eigenvalue weighted by Gasteiger charge is 2.36. The third-order valence-corrected chi connectivity index (χ3v) is 9.98. The molecule has 2 heterocycles. The number of aliphatic hydroxyl groups is 3. The summed E-state index contributed by atoms with van der Waals surface area (Å²) in [6.07, 6.45) is 10.8. The fraction of sp³-hybridized carbons (Fsp3) is 0.718. The number of aliphatic imine (C=N–C) groups is 1. The minimum absolute atomic E-state index is 0.0107. The van der Waals surface area contributed by atoms with Crippen LogP contribution in [-0.4, -0.2) is 113 Å². The Bertz CT molecular complexity index is 1260. The third kappa shape index (κ3) is 19.7. The summed E-state index contributed by atoms with van der Waals surface area (Å²) in [5.74, 6) is -1.58. The second kappa shape index (κ2) is 27.8. The van der Waals surface area contributed by atoms with E-state index in [-0.39, 0.29) is 35.8 Å². The van der Waals surface area contributed by atoms with Gasteiger partial charge in [-0.1, -0.05) is 50.6 Å². The molecule has 2 amide bonds. The Labute approximate surface area is 325 Å². The van der Waals surface area contributed by atoms with Crippen molar-refractivity contribution < 1.29 is 53.8 Å². The lowest BCUT2D eigenvalue weighted by Crippen LogP contribution is -2.50. The standard InChI is InChI=1S/C32H53NO8.C7H14N4O3/c1-6-8-9-10-15-26(35)28-16-12-14-25(41-28)19-27(36)24(7-2)13-11-17-30(39-20-34)33-32(38)31(37)29-18-21(3)22(4)23(5)40-29;8-7(9)10-3-1-2-5(6(13)14)11-4-12/h6,8,10,15,22-25,27-31,34,36-37H,3,7,9,11-14,16-20H2,1-2,4-5H3,(H,33,38);4-5H,1-3H2,(H,11,12)(H,13,14)(H4,8,9,10)/b8-6+,15-10+;/t22-,23?,24-,25?,27?,28?,29?,30?,31+;/m1./s1. The van der Waals surface area contributed by atoms with Gasteiger partial charge in [-0.05, 0) is 96.5 Å². The summed E-state index contributed by atoms with van der Waals surface area (Å²) >= 11 is 0. The van der Waals surface area contributed by atoms with Crippen LogP contribution >= 0.6 is 0 Å². The van der Waals surface area contributed by atoms with E-state index >= 15 is 0 Å². The van der Waals surface area contributed by atoms with Crippen molar-refractivity contribution in [2.75, 3.05) is 13.3 Å². The molecule has 0 bridgehead atoms. The first-order valence-electron chi connectivity index (χ1n) is 19.4. The van der Waals surface area contributed by atoms with Crippen molar-refractivity contribution in [3.8, 4) is 0 Å². The molecule has 0 saturated carbocycles. The Morgan fingerprint density at radius 3 is 2.42 bits per heavy atom. The second-order valence-electron chi connectivity index (χ2n) is 14.1. The van der Waals surface area contributed by atoms with Gasteiger partial charge >= 0.3 is 5.97 Å². The quantitative estimate of drug-likeness (QED) is 0.0133. The number of ether oxygens (including phenoxy) is 3. The molecule has 7 unspecified atom stereocenters. The monoisotopic (exact) mass is 781 g/mol. The first kappa shape index (κ1) is 49.3. The summed E-state index contributed by atoms with van der Waals surface area (Å²) in [5.41, 5.74) is 11.1. The van der Waals surface area contributed by atoms with E-state index in [1.54, 1.807) is 6.08 Å². The average Bonchev–Trinajstić information content (AvgIpc) is 3.14. The lowest BCUT2D eigenvalue weighted by molar-refractivity contribution is -0.153. The lowest BCUT2D eigenvalue weighted by atomic mass is 9.87. The van der Waals surface area contributed by atoms with Crippen molar-refractivity contribution in [3.63, 3.8) is 0 Å². The van der Waals surface area contributed by atoms with Gasteiger partial charge in [-0.2, -0.15) is 0 Å². The molecule has 0 aromatic carbocycles. The second-order valence-corrected chi connectivity index (χ2v) is 14.1. The third-order valence-electron chi connectivity index (χ3n) is 9.98. The van der Waals surface area contributed by atoms with Crippen molar-refractivity contribution in [2.24, 2.45) is 28.3 Å². The predicted octanol–water partition coefficient (Wildman–Crippen LogP) is 2.34. The van der Waals surface area contributed by atoms with Gasteiger partial charge in [0, 0.05) is 12.5 Å². The van der Waals surface area contributed by atoms with E-state index in [1.807, 2.05) is 45.9 Å². The van der Waals surface area contributed by atoms with E-state index in [1.165, 1.54) is 0 Å². The number of carbonyl (C=O) groups is 4. The van der Waals surface area contributed by atoms with Gasteiger partial charge in [-0.25, -0.2) is 4.79 Å². The summed E-state index contributed by atoms with van der Waals surface area (Å²) in [6.45, 7) is 11.7. The van der Waals surface area contributed by atoms with Crippen molar-refractivity contribution in [2.45, 2.75) is 154 Å². The molecule has 2 aliphatic rings. The van der Waals surface area contributed by atoms with Crippen LogP contribution in [0.5, 0.6) is 0 Å². The Morgan fingerprint density at radius 2 is 1.82 bits per heavy atom. The number of ketones is 1. The number of carboxylic acids is 1. The smallest absolute Gasteiger partial charge is 0.326 e. The molecule has 314 valence electrons. The van der Waals surface area contributed by atoms with Crippen LogP contribution in [0.1, 0.15) is 105 Å². The van der Waals surface area contributed by atoms with Crippen LogP contribution in [0.15, 0.2) is 41.4 Å². The number of carbonyl (C=O) groups excluding carboxylic acids is 3. The van der Waals surface area contributed by atoms with Gasteiger partial charge in [0.2, 0.25) is 6.41 Å². The highest BCUT2D eigenvalue weighted by molar-refractivity contribution is 5.93. The Hall–Kier alpha value is -3.67. The van der Waals surface area contributed by atoms with E-state index in [0.717, 1.165) is 24.8 Å². The van der Waals surface area contributed by atoms with E-state index in [2.05, 4.69) is 22.2 Å². The number of aliphatic carboxylic acids is 1. The molecule has 16 heteroatoms. The highest BCUT2D eigenvalue weighted by Crippen LogP contribution is 2.30. The fourth-order valence-electron chi connectivity index (χ4n) is 6.45. The molecule has 2 aliphatic heterocycles. The molecule has 0 aliphatic carbocycles. The van der Waals surface area contributed by atoms with E-state index in [4.69, 9.17) is 30.8 Å². The highest BCUT2D eigenvalue weighted by atomic mass is 16.6. The Kier molecular flexibility index (Phi) is 25.0. The van der Waals surface area contributed by atoms with Gasteiger partial charge in [0.05, 0.1) is 24.4 Å². The number of guanidine groups is 1. The normalized spacial score (nSPS) is 24.1. The zero-order chi connectivity index (χ0) is 41.3. The van der Waals surface area contributed by atoms with Crippen molar-refractivity contribution in [1.29, 1.82) is 0 Å². The predicted molar refractivity (Wildman–Crippen MR) is 208 cm³/mol. The summed E-state index contributed by atoms with van der Waals surface area (Å²) in [6, 6.07) is -0.873. The SMILES string of the molecule is C=C1CC([C@H](O)C(=O)NC(CCC[C@@H](CC)C(O)CC2CCCC(C(=O)/C=C/C/C=C/C)O2)OCO)OC(C)[C@@H]1C.NC(N)=NCCCC(NC=O)C(=O)O. The largest absolute Gasteiger partial charge is 0.480 e. The van der Waals surface area contributed by atoms with E-state index < -0.39 is 55.4 Å². The molecule has 55 heavy (non-hydrogen) atoms. The van der Waals surface area contributed by atoms with E-state index in [0.29, 0.717) is 70.7 Å². The maximum atomic E-state index is 12.7. The van der Waals surface area contributed by atoms with E-state index in [9.17, 15) is 34.5 Å². The number of aliphatic hydroxyl groups excluding tert-OH is 3. The minimum Gasteiger partial charge on any atom is -0.480 e. The van der Waals surface area contributed by atoms with Crippen LogP contribution in [-0.2, 0) is 33.4 Å². The number of hydrogen-bond acceptors (Lipinski definition) is 11. The first-order chi connectivity index (χ1) is 26.2. The average molecular weight is 782 g/mol. The number of hydrogen-bond donors (Lipinski definition) is 8. The van der Waals surface area contributed by atoms with Crippen molar-refractivity contribution in [1.82, 2.24) is 10.6 Å². The summed E-state index contributed by atoms with van der Waals surface area (Å²) in [7, 11) is 0. The molecule has 10 atom stereocenters. The number of nitrogens with one attached hydrogen (secondary N) is 2. The van der Waals surface area contributed by atoms with Crippen LogP contribution < -0.4 is 22.1 Å². The van der Waals surface area contributed by atoms with Crippen LogP contribution in [0.4, 0.5) is 0 Å². The molecule has 0 aromatic rings. The zero-order valence-electron chi connectivity index (χ0n) is 33.0. The Morgan fingerprint density at radius 1 is 1.09 bits per heavy atom. The number of nitrogens with two attached hydrogens (primary N) is 2. The van der Waals surface area contributed by atoms with Gasteiger partial charge < -0.3 is 56.7 Å². The topological polar surface area (TPSA) is 265 Å². The maximum absolute atomic E-state index is 12.7. The summed E-state index contributed by atoms with van der Waals surface area (Å²) < 4.78 is 17.2. The molecular formula is C39H67N5O11. The zero-order valence-corrected chi connectivity index (χ0v) is 33.0. The van der Waals surface area contributed by atoms with Gasteiger partial charge in [0.15, 0.2) is 17.8 Å².